The number of hydrogen-bond donors (Lipinski definition) is 2. The molecular weight excluding hydrogens is 395 g/mol. The molecule has 0 bridgehead atoms. The van der Waals surface area contributed by atoms with Crippen LogP contribution in [0, 0.1) is 11.7 Å². The molecule has 0 atom stereocenters. The summed E-state index contributed by atoms with van der Waals surface area (Å²) in [5.41, 5.74) is 1.25. The molecule has 1 fully saturated rings. The van der Waals surface area contributed by atoms with Gasteiger partial charge in [0.1, 0.15) is 5.82 Å². The van der Waals surface area contributed by atoms with E-state index in [1.165, 1.54) is 41.1 Å². The average molecular weight is 414 g/mol. The lowest BCUT2D eigenvalue weighted by molar-refractivity contribution is 0.102. The average Bonchev–Trinajstić information content (AvgIpc) is 3.42. The van der Waals surface area contributed by atoms with Gasteiger partial charge in [-0.1, -0.05) is 0 Å². The fraction of sp³-hybridized carbons (Fsp3) is 0.200. The zero-order chi connectivity index (χ0) is 20.4. The second-order valence-corrected chi connectivity index (χ2v) is 8.66. The van der Waals surface area contributed by atoms with Gasteiger partial charge in [-0.25, -0.2) is 22.2 Å². The molecule has 4 rings (SSSR count). The fourth-order valence-corrected chi connectivity index (χ4v) is 3.84. The van der Waals surface area contributed by atoms with E-state index in [-0.39, 0.29) is 16.4 Å². The van der Waals surface area contributed by atoms with Gasteiger partial charge in [-0.2, -0.15) is 5.10 Å². The minimum Gasteiger partial charge on any atom is -0.321 e. The number of anilines is 1. The molecule has 1 saturated carbocycles. The van der Waals surface area contributed by atoms with E-state index in [0.717, 1.165) is 12.8 Å². The third-order valence-corrected chi connectivity index (χ3v) is 6.03. The first-order valence-electron chi connectivity index (χ1n) is 9.13. The van der Waals surface area contributed by atoms with E-state index in [1.807, 2.05) is 0 Å². The van der Waals surface area contributed by atoms with Crippen LogP contribution < -0.4 is 10.0 Å². The topological polar surface area (TPSA) is 93.1 Å². The molecule has 0 spiro atoms. The number of benzene rings is 2. The van der Waals surface area contributed by atoms with Crippen molar-refractivity contribution in [2.45, 2.75) is 17.7 Å². The van der Waals surface area contributed by atoms with Crippen LogP contribution in [0.3, 0.4) is 0 Å². The van der Waals surface area contributed by atoms with Crippen LogP contribution in [0.25, 0.3) is 5.69 Å². The molecule has 2 N–H and O–H groups in total. The number of amides is 1. The maximum absolute atomic E-state index is 13.0. The highest BCUT2D eigenvalue weighted by Gasteiger charge is 2.24. The normalized spacial score (nSPS) is 14.0. The summed E-state index contributed by atoms with van der Waals surface area (Å²) in [6.07, 6.45) is 3.72. The molecule has 1 amide bonds. The molecule has 0 saturated heterocycles. The van der Waals surface area contributed by atoms with Crippen LogP contribution in [0.4, 0.5) is 10.1 Å². The van der Waals surface area contributed by atoms with Crippen molar-refractivity contribution in [2.24, 2.45) is 5.92 Å². The molecule has 1 aromatic heterocycles. The molecular formula is C20H19FN4O3S. The molecule has 0 unspecified atom stereocenters. The Morgan fingerprint density at radius 1 is 1.07 bits per heavy atom. The zero-order valence-electron chi connectivity index (χ0n) is 15.4. The SMILES string of the molecule is O=C(Nc1ccc(S(=O)(=O)NCC2CC2)cc1)c1ccn(-c2ccc(F)cc2)n1. The number of nitrogens with zero attached hydrogens (tertiary/aromatic N) is 2. The van der Waals surface area contributed by atoms with Gasteiger partial charge >= 0.3 is 0 Å². The van der Waals surface area contributed by atoms with Crippen molar-refractivity contribution in [2.75, 3.05) is 11.9 Å². The number of rotatable bonds is 7. The predicted molar refractivity (Wildman–Crippen MR) is 106 cm³/mol. The summed E-state index contributed by atoms with van der Waals surface area (Å²) in [5.74, 6) is -0.349. The number of aromatic nitrogens is 2. The van der Waals surface area contributed by atoms with Crippen molar-refractivity contribution in [3.63, 3.8) is 0 Å². The molecule has 3 aromatic rings. The van der Waals surface area contributed by atoms with Gasteiger partial charge in [0.2, 0.25) is 10.0 Å². The Labute approximate surface area is 167 Å². The Morgan fingerprint density at radius 2 is 1.76 bits per heavy atom. The van der Waals surface area contributed by atoms with E-state index in [2.05, 4.69) is 15.1 Å². The molecule has 29 heavy (non-hydrogen) atoms. The van der Waals surface area contributed by atoms with Crippen molar-refractivity contribution >= 4 is 21.6 Å². The molecule has 1 aliphatic rings. The number of carbonyl (C=O) groups is 1. The van der Waals surface area contributed by atoms with Gasteiger partial charge in [0.25, 0.3) is 5.91 Å². The number of nitrogens with one attached hydrogen (secondary N) is 2. The molecule has 2 aromatic carbocycles. The first-order valence-corrected chi connectivity index (χ1v) is 10.6. The maximum Gasteiger partial charge on any atom is 0.276 e. The van der Waals surface area contributed by atoms with Gasteiger partial charge in [0, 0.05) is 18.4 Å². The third-order valence-electron chi connectivity index (χ3n) is 4.59. The molecule has 0 radical (unpaired) electrons. The second kappa shape index (κ2) is 7.76. The minimum atomic E-state index is -3.55. The summed E-state index contributed by atoms with van der Waals surface area (Å²) in [4.78, 5) is 12.6. The van der Waals surface area contributed by atoms with Gasteiger partial charge < -0.3 is 5.32 Å². The van der Waals surface area contributed by atoms with Gasteiger partial charge in [-0.15, -0.1) is 0 Å². The maximum atomic E-state index is 13.0. The lowest BCUT2D eigenvalue weighted by Gasteiger charge is -2.08. The third kappa shape index (κ3) is 4.69. The van der Waals surface area contributed by atoms with Gasteiger partial charge in [0.15, 0.2) is 5.69 Å². The molecule has 1 heterocycles. The Bertz CT molecular complexity index is 1120. The largest absolute Gasteiger partial charge is 0.321 e. The Hall–Kier alpha value is -3.04. The van der Waals surface area contributed by atoms with Crippen LogP contribution in [0.2, 0.25) is 0 Å². The number of halogens is 1. The second-order valence-electron chi connectivity index (χ2n) is 6.90. The van der Waals surface area contributed by atoms with Crippen LogP contribution in [0.5, 0.6) is 0 Å². The quantitative estimate of drug-likeness (QED) is 0.622. The number of hydrogen-bond acceptors (Lipinski definition) is 4. The number of carbonyl (C=O) groups excluding carboxylic acids is 1. The summed E-state index contributed by atoms with van der Waals surface area (Å²) in [7, 11) is -3.55. The lowest BCUT2D eigenvalue weighted by Crippen LogP contribution is -2.25. The zero-order valence-corrected chi connectivity index (χ0v) is 16.2. The predicted octanol–water partition coefficient (Wildman–Crippen LogP) is 2.95. The number of sulfonamides is 1. The first kappa shape index (κ1) is 19.3. The highest BCUT2D eigenvalue weighted by atomic mass is 32.2. The van der Waals surface area contributed by atoms with Crippen LogP contribution in [-0.2, 0) is 10.0 Å². The Morgan fingerprint density at radius 3 is 2.41 bits per heavy atom. The Balaban J connectivity index is 1.41. The van der Waals surface area contributed by atoms with Crippen molar-refractivity contribution in [1.29, 1.82) is 0 Å². The summed E-state index contributed by atoms with van der Waals surface area (Å²) < 4.78 is 41.6. The monoisotopic (exact) mass is 414 g/mol. The summed E-state index contributed by atoms with van der Waals surface area (Å²) in [6, 6.07) is 13.2. The van der Waals surface area contributed by atoms with E-state index in [4.69, 9.17) is 0 Å². The first-order chi connectivity index (χ1) is 13.9. The van der Waals surface area contributed by atoms with E-state index in [9.17, 15) is 17.6 Å². The van der Waals surface area contributed by atoms with Gasteiger partial charge in [0.05, 0.1) is 10.6 Å². The molecule has 7 nitrogen and oxygen atoms in total. The van der Waals surface area contributed by atoms with Crippen molar-refractivity contribution in [3.8, 4) is 5.69 Å². The smallest absolute Gasteiger partial charge is 0.276 e. The molecule has 150 valence electrons. The van der Waals surface area contributed by atoms with E-state index >= 15 is 0 Å². The van der Waals surface area contributed by atoms with E-state index in [1.54, 1.807) is 24.4 Å². The van der Waals surface area contributed by atoms with E-state index in [0.29, 0.717) is 23.8 Å². The van der Waals surface area contributed by atoms with Crippen LogP contribution >= 0.6 is 0 Å². The van der Waals surface area contributed by atoms with Crippen LogP contribution in [-0.4, -0.2) is 30.7 Å². The van der Waals surface area contributed by atoms with Gasteiger partial charge in [-0.05, 0) is 73.4 Å². The summed E-state index contributed by atoms with van der Waals surface area (Å²) in [6.45, 7) is 0.456. The van der Waals surface area contributed by atoms with Gasteiger partial charge in [-0.3, -0.25) is 4.79 Å². The highest BCUT2D eigenvalue weighted by Crippen LogP contribution is 2.28. The van der Waals surface area contributed by atoms with Crippen molar-refractivity contribution < 1.29 is 17.6 Å². The Kier molecular flexibility index (Phi) is 5.16. The summed E-state index contributed by atoms with van der Waals surface area (Å²) in [5, 5.41) is 6.87. The minimum absolute atomic E-state index is 0.150. The molecule has 0 aliphatic heterocycles. The van der Waals surface area contributed by atoms with E-state index < -0.39 is 15.9 Å². The van der Waals surface area contributed by atoms with Crippen molar-refractivity contribution in [1.82, 2.24) is 14.5 Å². The lowest BCUT2D eigenvalue weighted by atomic mass is 10.3. The summed E-state index contributed by atoms with van der Waals surface area (Å²) >= 11 is 0. The molecule has 9 heteroatoms. The van der Waals surface area contributed by atoms with Crippen LogP contribution in [0.15, 0.2) is 65.7 Å². The fourth-order valence-electron chi connectivity index (χ4n) is 2.73. The standard InChI is InChI=1S/C20H19FN4O3S/c21-15-3-7-17(8-4-15)25-12-11-19(24-25)20(26)23-16-5-9-18(10-6-16)29(27,28)22-13-14-1-2-14/h3-12,14,22H,1-2,13H2,(H,23,26). The molecule has 1 aliphatic carbocycles. The highest BCUT2D eigenvalue weighted by molar-refractivity contribution is 7.89. The van der Waals surface area contributed by atoms with Crippen molar-refractivity contribution in [3.05, 3.63) is 72.3 Å². The van der Waals surface area contributed by atoms with Crippen LogP contribution in [0.1, 0.15) is 23.3 Å².